The lowest BCUT2D eigenvalue weighted by atomic mass is 10.2. The van der Waals surface area contributed by atoms with Crippen molar-refractivity contribution in [3.05, 3.63) is 35.0 Å². The van der Waals surface area contributed by atoms with E-state index in [9.17, 15) is 9.90 Å². The molecule has 2 aromatic rings. The second-order valence-corrected chi connectivity index (χ2v) is 5.65. The van der Waals surface area contributed by atoms with E-state index in [0.717, 1.165) is 10.9 Å². The topological polar surface area (TPSA) is 54.7 Å². The predicted octanol–water partition coefficient (Wildman–Crippen LogP) is 1.66. The number of β-amino-alcohol motifs (C(OH)–C–C–N with tert-alkyl or cyclic N) is 1. The minimum atomic E-state index is -0.644. The number of amides is 1. The number of benzene rings is 1. The van der Waals surface area contributed by atoms with Crippen LogP contribution in [0.2, 0.25) is 5.02 Å². The third-order valence-electron chi connectivity index (χ3n) is 3.76. The molecule has 3 rings (SSSR count). The third-order valence-corrected chi connectivity index (χ3v) is 4.07. The lowest BCUT2D eigenvalue weighted by Gasteiger charge is -2.21. The van der Waals surface area contributed by atoms with Gasteiger partial charge in [-0.25, -0.2) is 0 Å². The van der Waals surface area contributed by atoms with Crippen LogP contribution in [0.1, 0.15) is 10.5 Å². The first-order chi connectivity index (χ1) is 10.1. The van der Waals surface area contributed by atoms with E-state index in [-0.39, 0.29) is 19.1 Å². The van der Waals surface area contributed by atoms with E-state index in [1.807, 2.05) is 31.3 Å². The standard InChI is InChI=1S/C15H17ClN2O3/c1-17-13(7-10-3-2-4-12(16)14(10)17)15(20)18-5-6-21-9-11(19)8-18/h2-4,7,11,19H,5-6,8-9H2,1H3. The number of carbonyl (C=O) groups excluding carboxylic acids is 1. The van der Waals surface area contributed by atoms with E-state index < -0.39 is 6.10 Å². The Morgan fingerprint density at radius 1 is 1.48 bits per heavy atom. The lowest BCUT2D eigenvalue weighted by Crippen LogP contribution is -2.38. The molecule has 6 heteroatoms. The molecule has 112 valence electrons. The van der Waals surface area contributed by atoms with Crippen molar-refractivity contribution in [3.63, 3.8) is 0 Å². The molecule has 1 aromatic carbocycles. The van der Waals surface area contributed by atoms with Crippen LogP contribution >= 0.6 is 11.6 Å². The molecule has 1 N–H and O–H groups in total. The highest BCUT2D eigenvalue weighted by Gasteiger charge is 2.24. The summed E-state index contributed by atoms with van der Waals surface area (Å²) in [5.74, 6) is -0.116. The highest BCUT2D eigenvalue weighted by atomic mass is 35.5. The van der Waals surface area contributed by atoms with Crippen LogP contribution in [0.3, 0.4) is 0 Å². The van der Waals surface area contributed by atoms with Crippen molar-refractivity contribution in [2.24, 2.45) is 7.05 Å². The van der Waals surface area contributed by atoms with Crippen molar-refractivity contribution in [1.29, 1.82) is 0 Å². The maximum atomic E-state index is 12.7. The second kappa shape index (κ2) is 5.67. The van der Waals surface area contributed by atoms with Gasteiger partial charge in [0.05, 0.1) is 29.9 Å². The van der Waals surface area contributed by atoms with Gasteiger partial charge in [0.15, 0.2) is 0 Å². The molecule has 5 nitrogen and oxygen atoms in total. The Morgan fingerprint density at radius 2 is 2.29 bits per heavy atom. The summed E-state index contributed by atoms with van der Waals surface area (Å²) in [5.41, 5.74) is 1.40. The van der Waals surface area contributed by atoms with Gasteiger partial charge >= 0.3 is 0 Å². The van der Waals surface area contributed by atoms with Crippen LogP contribution in [0, 0.1) is 0 Å². The molecule has 2 heterocycles. The minimum Gasteiger partial charge on any atom is -0.389 e. The van der Waals surface area contributed by atoms with E-state index in [4.69, 9.17) is 16.3 Å². The van der Waals surface area contributed by atoms with Crippen LogP contribution in [0.5, 0.6) is 0 Å². The third kappa shape index (κ3) is 2.64. The number of aliphatic hydroxyl groups is 1. The monoisotopic (exact) mass is 308 g/mol. The highest BCUT2D eigenvalue weighted by Crippen LogP contribution is 2.26. The van der Waals surface area contributed by atoms with Crippen molar-refractivity contribution >= 4 is 28.4 Å². The fraction of sp³-hybridized carbons (Fsp3) is 0.400. The van der Waals surface area contributed by atoms with E-state index >= 15 is 0 Å². The molecule has 1 amide bonds. The van der Waals surface area contributed by atoms with E-state index in [0.29, 0.717) is 23.9 Å². The molecule has 1 saturated heterocycles. The number of ether oxygens (including phenoxy) is 1. The largest absolute Gasteiger partial charge is 0.389 e. The Bertz CT molecular complexity index is 683. The van der Waals surface area contributed by atoms with Crippen LogP contribution in [0.25, 0.3) is 10.9 Å². The second-order valence-electron chi connectivity index (χ2n) is 5.25. The van der Waals surface area contributed by atoms with Gasteiger partial charge in [-0.05, 0) is 12.1 Å². The Labute approximate surface area is 127 Å². The minimum absolute atomic E-state index is 0.116. The molecule has 21 heavy (non-hydrogen) atoms. The number of nitrogens with zero attached hydrogens (tertiary/aromatic N) is 2. The van der Waals surface area contributed by atoms with Crippen LogP contribution < -0.4 is 0 Å². The Hall–Kier alpha value is -1.56. The first-order valence-electron chi connectivity index (χ1n) is 6.87. The quantitative estimate of drug-likeness (QED) is 0.872. The molecule has 1 atom stereocenters. The number of para-hydroxylation sites is 1. The lowest BCUT2D eigenvalue weighted by molar-refractivity contribution is 0.0532. The van der Waals surface area contributed by atoms with Crippen LogP contribution in [0.15, 0.2) is 24.3 Å². The summed E-state index contributed by atoms with van der Waals surface area (Å²) in [4.78, 5) is 14.3. The fourth-order valence-electron chi connectivity index (χ4n) is 2.71. The molecule has 0 saturated carbocycles. The van der Waals surface area contributed by atoms with Gasteiger partial charge in [-0.15, -0.1) is 0 Å². The number of fused-ring (bicyclic) bond motifs is 1. The summed E-state index contributed by atoms with van der Waals surface area (Å²) in [7, 11) is 1.83. The van der Waals surface area contributed by atoms with Crippen molar-refractivity contribution in [1.82, 2.24) is 9.47 Å². The van der Waals surface area contributed by atoms with Crippen molar-refractivity contribution < 1.29 is 14.6 Å². The van der Waals surface area contributed by atoms with Crippen molar-refractivity contribution in [3.8, 4) is 0 Å². The maximum Gasteiger partial charge on any atom is 0.270 e. The SMILES string of the molecule is Cn1c(C(=O)N2CCOCC(O)C2)cc2cccc(Cl)c21. The van der Waals surface area contributed by atoms with Crippen molar-refractivity contribution in [2.45, 2.75) is 6.10 Å². The molecular weight excluding hydrogens is 292 g/mol. The van der Waals surface area contributed by atoms with Gasteiger partial charge < -0.3 is 19.3 Å². The first-order valence-corrected chi connectivity index (χ1v) is 7.24. The number of aliphatic hydroxyl groups excluding tert-OH is 1. The zero-order valence-electron chi connectivity index (χ0n) is 11.8. The van der Waals surface area contributed by atoms with Gasteiger partial charge in [0, 0.05) is 25.5 Å². The Morgan fingerprint density at radius 3 is 3.05 bits per heavy atom. The van der Waals surface area contributed by atoms with E-state index in [2.05, 4.69) is 0 Å². The van der Waals surface area contributed by atoms with E-state index in [1.54, 1.807) is 9.47 Å². The van der Waals surface area contributed by atoms with Gasteiger partial charge in [-0.2, -0.15) is 0 Å². The first kappa shape index (κ1) is 14.4. The summed E-state index contributed by atoms with van der Waals surface area (Å²) >= 11 is 6.21. The number of aryl methyl sites for hydroxylation is 1. The average molecular weight is 309 g/mol. The molecule has 0 aliphatic carbocycles. The summed E-state index contributed by atoms with van der Waals surface area (Å²) in [5, 5.41) is 11.3. The molecule has 1 aliphatic rings. The smallest absolute Gasteiger partial charge is 0.270 e. The average Bonchev–Trinajstić information content (AvgIpc) is 2.65. The number of carbonyl (C=O) groups is 1. The number of aromatic nitrogens is 1. The molecule has 1 aliphatic heterocycles. The molecule has 0 bridgehead atoms. The molecule has 1 unspecified atom stereocenters. The number of rotatable bonds is 1. The Balaban J connectivity index is 1.98. The number of hydrogen-bond acceptors (Lipinski definition) is 3. The van der Waals surface area contributed by atoms with Gasteiger partial charge in [0.2, 0.25) is 0 Å². The van der Waals surface area contributed by atoms with Crippen LogP contribution in [-0.4, -0.2) is 52.9 Å². The molecular formula is C15H17ClN2O3. The summed E-state index contributed by atoms with van der Waals surface area (Å²) in [6.07, 6.45) is -0.644. The molecule has 1 fully saturated rings. The van der Waals surface area contributed by atoms with E-state index in [1.165, 1.54) is 0 Å². The zero-order valence-corrected chi connectivity index (χ0v) is 12.5. The van der Waals surface area contributed by atoms with Gasteiger partial charge in [0.25, 0.3) is 5.91 Å². The summed E-state index contributed by atoms with van der Waals surface area (Å²) < 4.78 is 7.06. The van der Waals surface area contributed by atoms with Crippen molar-refractivity contribution in [2.75, 3.05) is 26.3 Å². The number of halogens is 1. The number of hydrogen-bond donors (Lipinski definition) is 1. The highest BCUT2D eigenvalue weighted by molar-refractivity contribution is 6.35. The molecule has 0 radical (unpaired) electrons. The Kier molecular flexibility index (Phi) is 3.89. The van der Waals surface area contributed by atoms with Crippen LogP contribution in [-0.2, 0) is 11.8 Å². The fourth-order valence-corrected chi connectivity index (χ4v) is 3.02. The van der Waals surface area contributed by atoms with Crippen LogP contribution in [0.4, 0.5) is 0 Å². The zero-order chi connectivity index (χ0) is 15.0. The molecule has 0 spiro atoms. The molecule has 1 aromatic heterocycles. The van der Waals surface area contributed by atoms with Gasteiger partial charge in [-0.3, -0.25) is 4.79 Å². The summed E-state index contributed by atoms with van der Waals surface area (Å²) in [6.45, 7) is 1.47. The summed E-state index contributed by atoms with van der Waals surface area (Å²) in [6, 6.07) is 7.43. The maximum absolute atomic E-state index is 12.7. The van der Waals surface area contributed by atoms with Gasteiger partial charge in [0.1, 0.15) is 5.69 Å². The predicted molar refractivity (Wildman–Crippen MR) is 80.7 cm³/mol. The van der Waals surface area contributed by atoms with Gasteiger partial charge in [-0.1, -0.05) is 23.7 Å². The normalized spacial score (nSPS) is 19.8.